The standard InChI is InChI=1S/C28H29ClN4O5S/c1-18-16-21(17-19(2)25(18)29)38-14-5-7-23-22-6-3-4-8-24(22)32-26(23)28(35)33-39(36,37)15-13-31-27(34)20-9-11-30-12-10-20/h3-4,6,8-12,16-17,32H,5,7,13-15H2,1-2H3,(H,31,34)(H,33,35). The number of rotatable bonds is 11. The van der Waals surface area contributed by atoms with Crippen LogP contribution in [-0.2, 0) is 16.4 Å². The number of nitrogens with zero attached hydrogens (tertiary/aromatic N) is 1. The molecule has 3 N–H and O–H groups in total. The van der Waals surface area contributed by atoms with E-state index in [0.29, 0.717) is 41.3 Å². The molecule has 2 heterocycles. The second kappa shape index (κ2) is 12.3. The number of hydrogen-bond acceptors (Lipinski definition) is 6. The number of aryl methyl sites for hydroxylation is 3. The average molecular weight is 569 g/mol. The number of halogens is 1. The summed E-state index contributed by atoms with van der Waals surface area (Å²) >= 11 is 6.23. The van der Waals surface area contributed by atoms with E-state index in [1.165, 1.54) is 24.5 Å². The summed E-state index contributed by atoms with van der Waals surface area (Å²) in [6, 6.07) is 14.2. The van der Waals surface area contributed by atoms with Gasteiger partial charge in [0.1, 0.15) is 11.4 Å². The molecule has 2 aromatic heterocycles. The summed E-state index contributed by atoms with van der Waals surface area (Å²) in [6.45, 7) is 4.07. The minimum Gasteiger partial charge on any atom is -0.494 e. The Morgan fingerprint density at radius 1 is 1.03 bits per heavy atom. The summed E-state index contributed by atoms with van der Waals surface area (Å²) in [4.78, 5) is 32.1. The van der Waals surface area contributed by atoms with E-state index in [-0.39, 0.29) is 12.2 Å². The Morgan fingerprint density at radius 2 is 1.72 bits per heavy atom. The summed E-state index contributed by atoms with van der Waals surface area (Å²) in [5.74, 6) is -0.929. The molecule has 0 bridgehead atoms. The van der Waals surface area contributed by atoms with Crippen LogP contribution in [0.15, 0.2) is 60.9 Å². The molecule has 2 amide bonds. The first-order chi connectivity index (χ1) is 18.6. The zero-order chi connectivity index (χ0) is 28.0. The van der Waals surface area contributed by atoms with Gasteiger partial charge >= 0.3 is 0 Å². The zero-order valence-corrected chi connectivity index (χ0v) is 23.2. The van der Waals surface area contributed by atoms with Gasteiger partial charge in [0.15, 0.2) is 0 Å². The number of nitrogens with one attached hydrogen (secondary N) is 3. The number of carbonyl (C=O) groups excluding carboxylic acids is 2. The highest BCUT2D eigenvalue weighted by molar-refractivity contribution is 7.90. The van der Waals surface area contributed by atoms with Crippen LogP contribution < -0.4 is 14.8 Å². The number of fused-ring (bicyclic) bond motifs is 1. The maximum Gasteiger partial charge on any atom is 0.281 e. The zero-order valence-electron chi connectivity index (χ0n) is 21.6. The Morgan fingerprint density at radius 3 is 2.44 bits per heavy atom. The topological polar surface area (TPSA) is 130 Å². The van der Waals surface area contributed by atoms with E-state index in [1.807, 2.05) is 50.2 Å². The smallest absolute Gasteiger partial charge is 0.281 e. The van der Waals surface area contributed by atoms with Crippen LogP contribution in [0.1, 0.15) is 44.0 Å². The van der Waals surface area contributed by atoms with Crippen molar-refractivity contribution in [3.63, 3.8) is 0 Å². The summed E-state index contributed by atoms with van der Waals surface area (Å²) in [5.41, 5.74) is 3.83. The lowest BCUT2D eigenvalue weighted by molar-refractivity contribution is 0.0954. The van der Waals surface area contributed by atoms with Crippen molar-refractivity contribution < 1.29 is 22.7 Å². The normalized spacial score (nSPS) is 11.4. The Labute approximate surface area is 232 Å². The van der Waals surface area contributed by atoms with Crippen molar-refractivity contribution in [1.82, 2.24) is 20.0 Å². The minimum absolute atomic E-state index is 0.162. The molecule has 0 aliphatic rings. The molecule has 204 valence electrons. The van der Waals surface area contributed by atoms with Crippen LogP contribution >= 0.6 is 11.6 Å². The molecule has 11 heteroatoms. The molecule has 0 unspecified atom stereocenters. The molecule has 39 heavy (non-hydrogen) atoms. The van der Waals surface area contributed by atoms with E-state index in [1.54, 1.807) is 0 Å². The number of aromatic nitrogens is 2. The molecule has 0 radical (unpaired) electrons. The summed E-state index contributed by atoms with van der Waals surface area (Å²) in [7, 11) is -4.02. The molecule has 9 nitrogen and oxygen atoms in total. The number of ether oxygens (including phenoxy) is 1. The summed E-state index contributed by atoms with van der Waals surface area (Å²) in [6.07, 6.45) is 4.02. The lowest BCUT2D eigenvalue weighted by Crippen LogP contribution is -2.37. The molecule has 0 spiro atoms. The number of hydrogen-bond donors (Lipinski definition) is 3. The van der Waals surface area contributed by atoms with E-state index in [9.17, 15) is 18.0 Å². The van der Waals surface area contributed by atoms with Gasteiger partial charge in [0.2, 0.25) is 10.0 Å². The van der Waals surface area contributed by atoms with Gasteiger partial charge in [-0.05, 0) is 73.7 Å². The van der Waals surface area contributed by atoms with E-state index >= 15 is 0 Å². The first-order valence-corrected chi connectivity index (χ1v) is 14.4. The van der Waals surface area contributed by atoms with Crippen LogP contribution in [-0.4, -0.2) is 49.1 Å². The van der Waals surface area contributed by atoms with Crippen molar-refractivity contribution in [2.24, 2.45) is 0 Å². The van der Waals surface area contributed by atoms with Gasteiger partial charge in [-0.3, -0.25) is 14.6 Å². The Kier molecular flexibility index (Phi) is 8.88. The Hall–Kier alpha value is -3.89. The fourth-order valence-electron chi connectivity index (χ4n) is 4.23. The highest BCUT2D eigenvalue weighted by Gasteiger charge is 2.22. The lowest BCUT2D eigenvalue weighted by atomic mass is 10.1. The van der Waals surface area contributed by atoms with Gasteiger partial charge in [-0.25, -0.2) is 13.1 Å². The quantitative estimate of drug-likeness (QED) is 0.231. The third-order valence-electron chi connectivity index (χ3n) is 6.14. The highest BCUT2D eigenvalue weighted by Crippen LogP contribution is 2.27. The number of carbonyl (C=O) groups is 2. The Balaban J connectivity index is 1.39. The van der Waals surface area contributed by atoms with Crippen LogP contribution in [0.5, 0.6) is 5.75 Å². The van der Waals surface area contributed by atoms with Gasteiger partial charge in [0, 0.05) is 40.4 Å². The van der Waals surface area contributed by atoms with Crippen molar-refractivity contribution in [2.45, 2.75) is 26.7 Å². The van der Waals surface area contributed by atoms with E-state index < -0.39 is 27.6 Å². The average Bonchev–Trinajstić information content (AvgIpc) is 3.28. The lowest BCUT2D eigenvalue weighted by Gasteiger charge is -2.11. The molecule has 4 rings (SSSR count). The number of para-hydroxylation sites is 1. The number of pyridine rings is 1. The second-order valence-corrected chi connectivity index (χ2v) is 11.3. The van der Waals surface area contributed by atoms with E-state index in [4.69, 9.17) is 16.3 Å². The van der Waals surface area contributed by atoms with Gasteiger partial charge in [0.25, 0.3) is 11.8 Å². The van der Waals surface area contributed by atoms with E-state index in [0.717, 1.165) is 22.0 Å². The first-order valence-electron chi connectivity index (χ1n) is 12.4. The van der Waals surface area contributed by atoms with Crippen molar-refractivity contribution in [3.8, 4) is 5.75 Å². The fraction of sp³-hybridized carbons (Fsp3) is 0.250. The maximum atomic E-state index is 13.1. The second-order valence-electron chi connectivity index (χ2n) is 9.09. The molecule has 0 saturated heterocycles. The molecule has 0 fully saturated rings. The molecular formula is C28H29ClN4O5S. The predicted molar refractivity (Wildman–Crippen MR) is 151 cm³/mol. The van der Waals surface area contributed by atoms with Crippen LogP contribution in [0.3, 0.4) is 0 Å². The van der Waals surface area contributed by atoms with Crippen molar-refractivity contribution in [1.29, 1.82) is 0 Å². The monoisotopic (exact) mass is 568 g/mol. The molecule has 0 aliphatic carbocycles. The van der Waals surface area contributed by atoms with Crippen molar-refractivity contribution in [2.75, 3.05) is 18.9 Å². The van der Waals surface area contributed by atoms with Gasteiger partial charge in [-0.15, -0.1) is 0 Å². The molecule has 0 atom stereocenters. The molecule has 4 aromatic rings. The summed E-state index contributed by atoms with van der Waals surface area (Å²) in [5, 5.41) is 4.08. The van der Waals surface area contributed by atoms with E-state index in [2.05, 4.69) is 20.0 Å². The largest absolute Gasteiger partial charge is 0.494 e. The third kappa shape index (κ3) is 7.15. The third-order valence-corrected chi connectivity index (χ3v) is 7.97. The van der Waals surface area contributed by atoms with Gasteiger partial charge in [0.05, 0.1) is 12.4 Å². The number of amides is 2. The minimum atomic E-state index is -4.02. The molecule has 2 aromatic carbocycles. The van der Waals surface area contributed by atoms with Crippen LogP contribution in [0.2, 0.25) is 5.02 Å². The van der Waals surface area contributed by atoms with Crippen LogP contribution in [0.25, 0.3) is 10.9 Å². The Bertz CT molecular complexity index is 1580. The predicted octanol–water partition coefficient (Wildman–Crippen LogP) is 4.33. The van der Waals surface area contributed by atoms with Crippen molar-refractivity contribution in [3.05, 3.63) is 93.9 Å². The highest BCUT2D eigenvalue weighted by atomic mass is 35.5. The van der Waals surface area contributed by atoms with Gasteiger partial charge < -0.3 is 15.0 Å². The number of benzene rings is 2. The van der Waals surface area contributed by atoms with Gasteiger partial charge in [-0.2, -0.15) is 0 Å². The number of H-pyrrole nitrogens is 1. The first kappa shape index (κ1) is 28.1. The number of aromatic amines is 1. The number of sulfonamides is 1. The summed E-state index contributed by atoms with van der Waals surface area (Å²) < 4.78 is 33.3. The molecular weight excluding hydrogens is 540 g/mol. The molecule has 0 saturated carbocycles. The van der Waals surface area contributed by atoms with Gasteiger partial charge in [-0.1, -0.05) is 29.8 Å². The fourth-order valence-corrected chi connectivity index (χ4v) is 5.20. The van der Waals surface area contributed by atoms with Crippen LogP contribution in [0.4, 0.5) is 0 Å². The SMILES string of the molecule is Cc1cc(OCCCc2c(C(=O)NS(=O)(=O)CCNC(=O)c3ccncc3)[nH]c3ccccc23)cc(C)c1Cl. The maximum absolute atomic E-state index is 13.1. The molecule has 0 aliphatic heterocycles. The van der Waals surface area contributed by atoms with Crippen molar-refractivity contribution >= 4 is 44.3 Å². The van der Waals surface area contributed by atoms with Crippen LogP contribution in [0, 0.1) is 13.8 Å².